The zero-order valence-corrected chi connectivity index (χ0v) is 11.3. The molecule has 0 bridgehead atoms. The zero-order valence-electron chi connectivity index (χ0n) is 11.3. The van der Waals surface area contributed by atoms with E-state index in [4.69, 9.17) is 0 Å². The summed E-state index contributed by atoms with van der Waals surface area (Å²) in [6.45, 7) is 3.91. The lowest BCUT2D eigenvalue weighted by Crippen LogP contribution is -2.31. The van der Waals surface area contributed by atoms with Crippen LogP contribution in [0.5, 0.6) is 0 Å². The molecule has 1 aromatic carbocycles. The Morgan fingerprint density at radius 2 is 1.89 bits per heavy atom. The summed E-state index contributed by atoms with van der Waals surface area (Å²) in [5, 5.41) is 10.3. The molecule has 2 rings (SSSR count). The fourth-order valence-electron chi connectivity index (χ4n) is 2.82. The molecule has 2 heteroatoms. The van der Waals surface area contributed by atoms with Crippen molar-refractivity contribution in [3.63, 3.8) is 0 Å². The molecule has 0 amide bonds. The molecule has 0 heterocycles. The Kier molecular flexibility index (Phi) is 4.18. The number of aryl methyl sites for hydroxylation is 2. The van der Waals surface area contributed by atoms with Crippen LogP contribution in [-0.4, -0.2) is 17.0 Å². The first kappa shape index (κ1) is 13.3. The predicted molar refractivity (Wildman–Crippen MR) is 72.8 cm³/mol. The monoisotopic (exact) mass is 246 g/mol. The van der Waals surface area contributed by atoms with Crippen LogP contribution in [0.1, 0.15) is 53.6 Å². The zero-order chi connectivity index (χ0) is 13.1. The number of hydrogen-bond acceptors (Lipinski definition) is 2. The highest BCUT2D eigenvalue weighted by atomic mass is 16.3. The number of hydrogen-bond donors (Lipinski definition) is 1. The van der Waals surface area contributed by atoms with Crippen molar-refractivity contribution in [2.75, 3.05) is 0 Å². The lowest BCUT2D eigenvalue weighted by atomic mass is 9.82. The largest absolute Gasteiger partial charge is 0.385 e. The predicted octanol–water partition coefficient (Wildman–Crippen LogP) is 3.43. The van der Waals surface area contributed by atoms with Crippen molar-refractivity contribution >= 4 is 5.78 Å². The van der Waals surface area contributed by atoms with Crippen molar-refractivity contribution in [2.24, 2.45) is 5.92 Å². The molecule has 18 heavy (non-hydrogen) atoms. The van der Waals surface area contributed by atoms with E-state index in [9.17, 15) is 9.90 Å². The number of aliphatic hydroxyl groups excluding tert-OH is 1. The van der Waals surface area contributed by atoms with Crippen molar-refractivity contribution in [3.8, 4) is 0 Å². The maximum absolute atomic E-state index is 12.4. The fourth-order valence-corrected chi connectivity index (χ4v) is 2.82. The van der Waals surface area contributed by atoms with E-state index in [0.717, 1.165) is 36.8 Å². The summed E-state index contributed by atoms with van der Waals surface area (Å²) in [5.41, 5.74) is 2.72. The van der Waals surface area contributed by atoms with Gasteiger partial charge in [-0.1, -0.05) is 37.0 Å². The highest BCUT2D eigenvalue weighted by molar-refractivity contribution is 6.00. The van der Waals surface area contributed by atoms with Crippen molar-refractivity contribution in [2.45, 2.75) is 52.1 Å². The van der Waals surface area contributed by atoms with Crippen LogP contribution in [-0.2, 0) is 0 Å². The summed E-state index contributed by atoms with van der Waals surface area (Å²) in [5.74, 6) is 0.0641. The number of benzene rings is 1. The topological polar surface area (TPSA) is 37.3 Å². The second-order valence-electron chi connectivity index (χ2n) is 5.53. The number of carbonyl (C=O) groups is 1. The van der Waals surface area contributed by atoms with Crippen LogP contribution in [0.15, 0.2) is 18.2 Å². The van der Waals surface area contributed by atoms with E-state index in [1.165, 1.54) is 6.42 Å². The molecule has 1 saturated carbocycles. The molecule has 0 aromatic heterocycles. The van der Waals surface area contributed by atoms with Gasteiger partial charge in [-0.2, -0.15) is 0 Å². The number of aliphatic hydroxyl groups is 1. The minimum Gasteiger partial charge on any atom is -0.385 e. The third-order valence-corrected chi connectivity index (χ3v) is 4.02. The van der Waals surface area contributed by atoms with E-state index in [1.807, 2.05) is 32.0 Å². The van der Waals surface area contributed by atoms with E-state index in [-0.39, 0.29) is 11.7 Å². The summed E-state index contributed by atoms with van der Waals surface area (Å²) < 4.78 is 0. The number of Topliss-reactive ketones (excluding diaryl/α,β-unsaturated/α-hetero) is 1. The van der Waals surface area contributed by atoms with E-state index in [1.54, 1.807) is 0 Å². The van der Waals surface area contributed by atoms with Gasteiger partial charge in [-0.15, -0.1) is 0 Å². The van der Waals surface area contributed by atoms with Crippen LogP contribution in [0.3, 0.4) is 0 Å². The molecule has 98 valence electrons. The smallest absolute Gasteiger partial charge is 0.191 e. The van der Waals surface area contributed by atoms with Crippen LogP contribution in [0.25, 0.3) is 0 Å². The second-order valence-corrected chi connectivity index (χ2v) is 5.53. The Morgan fingerprint density at radius 1 is 1.22 bits per heavy atom. The lowest BCUT2D eigenvalue weighted by Gasteiger charge is -2.26. The van der Waals surface area contributed by atoms with E-state index >= 15 is 0 Å². The molecule has 1 fully saturated rings. The molecule has 1 aliphatic rings. The van der Waals surface area contributed by atoms with Crippen molar-refractivity contribution in [1.82, 2.24) is 0 Å². The molecule has 2 nitrogen and oxygen atoms in total. The SMILES string of the molecule is Cc1ccc(C)c(C(=O)C(O)C2CCCCC2)c1. The first-order valence-corrected chi connectivity index (χ1v) is 6.89. The van der Waals surface area contributed by atoms with Gasteiger partial charge in [-0.25, -0.2) is 0 Å². The molecule has 1 atom stereocenters. The Morgan fingerprint density at radius 3 is 2.56 bits per heavy atom. The third-order valence-electron chi connectivity index (χ3n) is 4.02. The van der Waals surface area contributed by atoms with Gasteiger partial charge >= 0.3 is 0 Å². The molecular weight excluding hydrogens is 224 g/mol. The molecule has 1 N–H and O–H groups in total. The molecular formula is C16H22O2. The quantitative estimate of drug-likeness (QED) is 0.830. The standard InChI is InChI=1S/C16H22O2/c1-11-8-9-12(2)14(10-11)16(18)15(17)13-6-4-3-5-7-13/h8-10,13,15,17H,3-7H2,1-2H3. The minimum absolute atomic E-state index is 0.0944. The fraction of sp³-hybridized carbons (Fsp3) is 0.562. The van der Waals surface area contributed by atoms with Crippen LogP contribution in [0, 0.1) is 19.8 Å². The highest BCUT2D eigenvalue weighted by Crippen LogP contribution is 2.28. The normalized spacial score (nSPS) is 18.6. The van der Waals surface area contributed by atoms with Crippen LogP contribution in [0.4, 0.5) is 0 Å². The Hall–Kier alpha value is -1.15. The van der Waals surface area contributed by atoms with E-state index < -0.39 is 6.10 Å². The Balaban J connectivity index is 2.16. The molecule has 0 radical (unpaired) electrons. The summed E-state index contributed by atoms with van der Waals surface area (Å²) in [6.07, 6.45) is 4.67. The molecule has 1 aliphatic carbocycles. The lowest BCUT2D eigenvalue weighted by molar-refractivity contribution is 0.0534. The van der Waals surface area contributed by atoms with Gasteiger partial charge < -0.3 is 5.11 Å². The Labute approximate surface area is 109 Å². The number of carbonyl (C=O) groups excluding carboxylic acids is 1. The number of ketones is 1. The summed E-state index contributed by atoms with van der Waals surface area (Å²) in [4.78, 5) is 12.4. The molecule has 0 spiro atoms. The third kappa shape index (κ3) is 2.81. The second kappa shape index (κ2) is 5.66. The van der Waals surface area contributed by atoms with Gasteiger partial charge in [0, 0.05) is 5.56 Å². The summed E-state index contributed by atoms with van der Waals surface area (Å²) in [6, 6.07) is 5.85. The van der Waals surface area contributed by atoms with Gasteiger partial charge in [-0.3, -0.25) is 4.79 Å². The first-order valence-electron chi connectivity index (χ1n) is 6.89. The highest BCUT2D eigenvalue weighted by Gasteiger charge is 2.28. The first-order chi connectivity index (χ1) is 8.59. The summed E-state index contributed by atoms with van der Waals surface area (Å²) in [7, 11) is 0. The van der Waals surface area contributed by atoms with E-state index in [2.05, 4.69) is 0 Å². The van der Waals surface area contributed by atoms with Gasteiger partial charge in [-0.05, 0) is 44.2 Å². The summed E-state index contributed by atoms with van der Waals surface area (Å²) >= 11 is 0. The van der Waals surface area contributed by atoms with Gasteiger partial charge in [0.2, 0.25) is 0 Å². The van der Waals surface area contributed by atoms with Crippen LogP contribution >= 0.6 is 0 Å². The van der Waals surface area contributed by atoms with Gasteiger partial charge in [0.05, 0.1) is 0 Å². The van der Waals surface area contributed by atoms with Gasteiger partial charge in [0.1, 0.15) is 6.10 Å². The van der Waals surface area contributed by atoms with Gasteiger partial charge in [0.15, 0.2) is 5.78 Å². The molecule has 0 aliphatic heterocycles. The molecule has 1 aromatic rings. The minimum atomic E-state index is -0.814. The van der Waals surface area contributed by atoms with Crippen molar-refractivity contribution < 1.29 is 9.90 Å². The average molecular weight is 246 g/mol. The molecule has 0 saturated heterocycles. The van der Waals surface area contributed by atoms with Crippen molar-refractivity contribution in [1.29, 1.82) is 0 Å². The van der Waals surface area contributed by atoms with Crippen molar-refractivity contribution in [3.05, 3.63) is 34.9 Å². The maximum Gasteiger partial charge on any atom is 0.191 e. The Bertz CT molecular complexity index is 431. The van der Waals surface area contributed by atoms with Gasteiger partial charge in [0.25, 0.3) is 0 Å². The van der Waals surface area contributed by atoms with E-state index in [0.29, 0.717) is 5.56 Å². The maximum atomic E-state index is 12.4. The number of rotatable bonds is 3. The van der Waals surface area contributed by atoms with Crippen LogP contribution < -0.4 is 0 Å². The average Bonchev–Trinajstić information content (AvgIpc) is 2.41. The molecule has 1 unspecified atom stereocenters. The van der Waals surface area contributed by atoms with Crippen LogP contribution in [0.2, 0.25) is 0 Å².